The molecule has 0 aromatic heterocycles. The van der Waals surface area contributed by atoms with Gasteiger partial charge in [-0.25, -0.2) is 9.59 Å². The SMILES string of the molecule is NC(CCC(=O)NC(CS)C(=O)NCC(=O)O)(C(=O)O)C(=O)CCC(=O)C(N)(CCC(=O)NC(CS)C(=O)NCC(=O)O)C(=O)O. The molecule has 0 rings (SSSR count). The standard InChI is InChI=1S/C24H36N6O14S2/c25-23(21(41)42,5-3-15(33)29-11(9-45)19(39)27-7-17(35)36)13(31)1-2-14(32)24(26,22(43)44)6-4-16(34)30-12(10-46)20(40)28-8-18(37)38/h11-12,45-46H,1-10,25-26H2,(H,27,39)(H,28,40)(H,29,33)(H,30,34)(H,35,36)(H,37,38)(H,41,42)(H,43,44). The second-order valence-electron chi connectivity index (χ2n) is 9.73. The smallest absolute Gasteiger partial charge is 0.331 e. The molecule has 4 amide bonds. The van der Waals surface area contributed by atoms with E-state index in [1.54, 1.807) is 0 Å². The van der Waals surface area contributed by atoms with Crippen molar-refractivity contribution >= 4 is 84.3 Å². The third kappa shape index (κ3) is 13.4. The normalized spacial score (nSPS) is 14.6. The van der Waals surface area contributed by atoms with Crippen molar-refractivity contribution in [2.75, 3.05) is 24.6 Å². The van der Waals surface area contributed by atoms with Crippen LogP contribution in [0.4, 0.5) is 0 Å². The van der Waals surface area contributed by atoms with Crippen LogP contribution in [0, 0.1) is 0 Å². The van der Waals surface area contributed by atoms with Crippen molar-refractivity contribution in [3.05, 3.63) is 0 Å². The third-order valence-electron chi connectivity index (χ3n) is 6.33. The number of aliphatic carboxylic acids is 4. The molecular weight excluding hydrogens is 660 g/mol. The summed E-state index contributed by atoms with van der Waals surface area (Å²) < 4.78 is 0. The highest BCUT2D eigenvalue weighted by Gasteiger charge is 2.45. The predicted octanol–water partition coefficient (Wildman–Crippen LogP) is -4.74. The molecule has 0 aliphatic carbocycles. The van der Waals surface area contributed by atoms with E-state index in [9.17, 15) is 58.2 Å². The van der Waals surface area contributed by atoms with E-state index in [4.69, 9.17) is 21.7 Å². The lowest BCUT2D eigenvalue weighted by molar-refractivity contribution is -0.152. The number of carbonyl (C=O) groups excluding carboxylic acids is 6. The van der Waals surface area contributed by atoms with E-state index in [1.807, 2.05) is 10.6 Å². The van der Waals surface area contributed by atoms with Crippen molar-refractivity contribution < 1.29 is 68.4 Å². The van der Waals surface area contributed by atoms with Crippen molar-refractivity contribution in [2.24, 2.45) is 11.5 Å². The molecule has 0 aromatic rings. The Morgan fingerprint density at radius 2 is 0.870 bits per heavy atom. The van der Waals surface area contributed by atoms with Crippen LogP contribution in [-0.2, 0) is 47.9 Å². The Labute approximate surface area is 271 Å². The van der Waals surface area contributed by atoms with Gasteiger partial charge in [0.1, 0.15) is 25.2 Å². The fraction of sp³-hybridized carbons (Fsp3) is 0.583. The number of Topliss-reactive ketones (excluding diaryl/α,β-unsaturated/α-hetero) is 2. The molecule has 0 saturated heterocycles. The van der Waals surface area contributed by atoms with Gasteiger partial charge < -0.3 is 53.2 Å². The van der Waals surface area contributed by atoms with Crippen LogP contribution >= 0.6 is 25.3 Å². The van der Waals surface area contributed by atoms with Crippen LogP contribution in [0.15, 0.2) is 0 Å². The molecule has 258 valence electrons. The van der Waals surface area contributed by atoms with Crippen molar-refractivity contribution in [1.29, 1.82) is 0 Å². The fourth-order valence-electron chi connectivity index (χ4n) is 3.52. The molecule has 20 nitrogen and oxygen atoms in total. The van der Waals surface area contributed by atoms with Crippen LogP contribution < -0.4 is 32.7 Å². The first-order valence-electron chi connectivity index (χ1n) is 13.2. The highest BCUT2D eigenvalue weighted by molar-refractivity contribution is 7.80. The summed E-state index contributed by atoms with van der Waals surface area (Å²) in [5.41, 5.74) is 6.01. The molecule has 0 spiro atoms. The minimum atomic E-state index is -2.73. The van der Waals surface area contributed by atoms with Crippen molar-refractivity contribution in [3.63, 3.8) is 0 Å². The highest BCUT2D eigenvalue weighted by Crippen LogP contribution is 2.20. The lowest BCUT2D eigenvalue weighted by Gasteiger charge is -2.26. The van der Waals surface area contributed by atoms with Gasteiger partial charge in [0.15, 0.2) is 22.6 Å². The van der Waals surface area contributed by atoms with Crippen LogP contribution in [0.2, 0.25) is 0 Å². The monoisotopic (exact) mass is 696 g/mol. The Morgan fingerprint density at radius 1 is 0.565 bits per heavy atom. The molecule has 0 bridgehead atoms. The van der Waals surface area contributed by atoms with Crippen LogP contribution in [-0.4, -0.2) is 127 Å². The topological polar surface area (TPSA) is 352 Å². The fourth-order valence-corrected chi connectivity index (χ4v) is 4.03. The number of hydrogen-bond donors (Lipinski definition) is 12. The molecule has 4 unspecified atom stereocenters. The number of hydrogen-bond acceptors (Lipinski definition) is 14. The minimum absolute atomic E-state index is 0.269. The van der Waals surface area contributed by atoms with E-state index < -0.39 is 134 Å². The van der Waals surface area contributed by atoms with Gasteiger partial charge in [0.2, 0.25) is 23.6 Å². The first-order chi connectivity index (χ1) is 21.2. The van der Waals surface area contributed by atoms with E-state index in [2.05, 4.69) is 35.9 Å². The van der Waals surface area contributed by atoms with Crippen molar-refractivity contribution in [2.45, 2.75) is 61.7 Å². The zero-order chi connectivity index (χ0) is 35.8. The lowest BCUT2D eigenvalue weighted by atomic mass is 9.83. The number of nitrogens with one attached hydrogen (secondary N) is 4. The molecule has 0 aliphatic heterocycles. The summed E-state index contributed by atoms with van der Waals surface area (Å²) in [5.74, 6) is -13.3. The number of ketones is 2. The number of carboxylic acid groups (broad SMARTS) is 4. The van der Waals surface area contributed by atoms with Gasteiger partial charge in [0.25, 0.3) is 0 Å². The molecular formula is C24H36N6O14S2. The van der Waals surface area contributed by atoms with Gasteiger partial charge >= 0.3 is 23.9 Å². The zero-order valence-electron chi connectivity index (χ0n) is 24.1. The van der Waals surface area contributed by atoms with Gasteiger partial charge in [0, 0.05) is 37.2 Å². The average Bonchev–Trinajstić information content (AvgIpc) is 2.99. The summed E-state index contributed by atoms with van der Waals surface area (Å²) in [6, 6.07) is -2.62. The number of nitrogens with two attached hydrogens (primary N) is 2. The molecule has 46 heavy (non-hydrogen) atoms. The van der Waals surface area contributed by atoms with Gasteiger partial charge in [-0.15, -0.1) is 0 Å². The number of carboxylic acids is 4. The maximum Gasteiger partial charge on any atom is 0.331 e. The molecule has 0 radical (unpaired) electrons. The Hall–Kier alpha value is -4.28. The molecule has 12 N–H and O–H groups in total. The maximum absolute atomic E-state index is 12.8. The van der Waals surface area contributed by atoms with E-state index >= 15 is 0 Å². The molecule has 4 atom stereocenters. The molecule has 0 fully saturated rings. The third-order valence-corrected chi connectivity index (χ3v) is 7.06. The summed E-state index contributed by atoms with van der Waals surface area (Å²) in [4.78, 5) is 119. The number of amides is 4. The Bertz CT molecular complexity index is 1140. The largest absolute Gasteiger partial charge is 0.480 e. The number of rotatable bonds is 23. The summed E-state index contributed by atoms with van der Waals surface area (Å²) in [6.45, 7) is -1.50. The summed E-state index contributed by atoms with van der Waals surface area (Å²) in [7, 11) is 0. The van der Waals surface area contributed by atoms with Gasteiger partial charge in [0.05, 0.1) is 0 Å². The second-order valence-corrected chi connectivity index (χ2v) is 10.5. The van der Waals surface area contributed by atoms with Gasteiger partial charge in [-0.1, -0.05) is 0 Å². The van der Waals surface area contributed by atoms with Gasteiger partial charge in [-0.05, 0) is 12.8 Å². The Balaban J connectivity index is 5.34. The van der Waals surface area contributed by atoms with E-state index in [0.717, 1.165) is 0 Å². The van der Waals surface area contributed by atoms with Gasteiger partial charge in [-0.3, -0.25) is 38.4 Å². The van der Waals surface area contributed by atoms with Gasteiger partial charge in [-0.2, -0.15) is 25.3 Å². The predicted molar refractivity (Wildman–Crippen MR) is 160 cm³/mol. The second kappa shape index (κ2) is 19.3. The number of thiol groups is 2. The summed E-state index contributed by atoms with van der Waals surface area (Å²) in [6.07, 6.45) is -4.93. The Morgan fingerprint density at radius 3 is 1.11 bits per heavy atom. The minimum Gasteiger partial charge on any atom is -0.480 e. The highest BCUT2D eigenvalue weighted by atomic mass is 32.1. The van der Waals surface area contributed by atoms with Crippen LogP contribution in [0.5, 0.6) is 0 Å². The lowest BCUT2D eigenvalue weighted by Crippen LogP contribution is -2.58. The van der Waals surface area contributed by atoms with Crippen molar-refractivity contribution in [1.82, 2.24) is 21.3 Å². The molecule has 0 aliphatic rings. The van der Waals surface area contributed by atoms with Crippen LogP contribution in [0.3, 0.4) is 0 Å². The summed E-state index contributed by atoms with van der Waals surface area (Å²) >= 11 is 7.75. The number of carbonyl (C=O) groups is 10. The van der Waals surface area contributed by atoms with Crippen LogP contribution in [0.1, 0.15) is 38.5 Å². The molecule has 0 aromatic carbocycles. The molecule has 0 saturated carbocycles. The quantitative estimate of drug-likeness (QED) is 0.0352. The summed E-state index contributed by atoms with van der Waals surface area (Å²) in [5, 5.41) is 44.8. The van der Waals surface area contributed by atoms with E-state index in [1.165, 1.54) is 0 Å². The first-order valence-corrected chi connectivity index (χ1v) is 14.4. The Kier molecular flexibility index (Phi) is 17.5. The van der Waals surface area contributed by atoms with E-state index in [-0.39, 0.29) is 11.5 Å². The van der Waals surface area contributed by atoms with Crippen molar-refractivity contribution in [3.8, 4) is 0 Å². The molecule has 22 heteroatoms. The molecule has 0 heterocycles. The average molecular weight is 697 g/mol. The zero-order valence-corrected chi connectivity index (χ0v) is 25.9. The van der Waals surface area contributed by atoms with E-state index in [0.29, 0.717) is 0 Å². The first kappa shape index (κ1) is 41.7. The van der Waals surface area contributed by atoms with Crippen LogP contribution in [0.25, 0.3) is 0 Å². The maximum atomic E-state index is 12.8.